The molecule has 7 nitrogen and oxygen atoms in total. The second kappa shape index (κ2) is 6.52. The summed E-state index contributed by atoms with van der Waals surface area (Å²) in [5.74, 6) is -0.475. The fourth-order valence-electron chi connectivity index (χ4n) is 1.77. The normalized spacial score (nSPS) is 11.3. The lowest BCUT2D eigenvalue weighted by Crippen LogP contribution is -2.35. The molecule has 1 rings (SSSR count). The molecule has 0 heterocycles. The Morgan fingerprint density at radius 2 is 2.25 bits per heavy atom. The van der Waals surface area contributed by atoms with Crippen molar-refractivity contribution in [2.24, 2.45) is 0 Å². The van der Waals surface area contributed by atoms with Crippen LogP contribution in [0, 0.1) is 21.4 Å². The van der Waals surface area contributed by atoms with Crippen LogP contribution in [0.4, 0.5) is 11.4 Å². The van der Waals surface area contributed by atoms with Gasteiger partial charge in [0.1, 0.15) is 11.3 Å². The number of rotatable bonds is 5. The maximum Gasteiger partial charge on any atom is 0.305 e. The molecule has 106 valence electrons. The van der Waals surface area contributed by atoms with Gasteiger partial charge in [-0.3, -0.25) is 14.9 Å². The SMILES string of the molecule is CNc1cccc(C(=O)N(C)C(C)CC#N)c1[N+](=O)[O-]. The average molecular weight is 276 g/mol. The molecule has 0 aliphatic carbocycles. The summed E-state index contributed by atoms with van der Waals surface area (Å²) in [4.78, 5) is 24.3. The molecule has 0 saturated heterocycles. The summed E-state index contributed by atoms with van der Waals surface area (Å²) in [6.07, 6.45) is 0.168. The molecule has 1 aromatic carbocycles. The van der Waals surface area contributed by atoms with E-state index in [4.69, 9.17) is 5.26 Å². The topological polar surface area (TPSA) is 99.3 Å². The molecular formula is C13H16N4O3. The van der Waals surface area contributed by atoms with E-state index in [0.717, 1.165) is 0 Å². The first-order valence-electron chi connectivity index (χ1n) is 6.03. The minimum Gasteiger partial charge on any atom is -0.383 e. The van der Waals surface area contributed by atoms with Crippen molar-refractivity contribution < 1.29 is 9.72 Å². The van der Waals surface area contributed by atoms with Gasteiger partial charge in [-0.05, 0) is 19.1 Å². The highest BCUT2D eigenvalue weighted by atomic mass is 16.6. The van der Waals surface area contributed by atoms with E-state index in [9.17, 15) is 14.9 Å². The Morgan fingerprint density at radius 1 is 1.60 bits per heavy atom. The largest absolute Gasteiger partial charge is 0.383 e. The van der Waals surface area contributed by atoms with Crippen LogP contribution in [0.15, 0.2) is 18.2 Å². The lowest BCUT2D eigenvalue weighted by molar-refractivity contribution is -0.384. The summed E-state index contributed by atoms with van der Waals surface area (Å²) in [6.45, 7) is 1.72. The summed E-state index contributed by atoms with van der Waals surface area (Å²) >= 11 is 0. The van der Waals surface area contributed by atoms with Gasteiger partial charge in [-0.15, -0.1) is 0 Å². The van der Waals surface area contributed by atoms with Crippen LogP contribution in [0.25, 0.3) is 0 Å². The van der Waals surface area contributed by atoms with E-state index in [1.807, 2.05) is 6.07 Å². The lowest BCUT2D eigenvalue weighted by Gasteiger charge is -2.23. The lowest BCUT2D eigenvalue weighted by atomic mass is 10.1. The Labute approximate surface area is 117 Å². The zero-order chi connectivity index (χ0) is 15.3. The number of nitro benzene ring substituents is 1. The smallest absolute Gasteiger partial charge is 0.305 e. The van der Waals surface area contributed by atoms with Gasteiger partial charge in [0.25, 0.3) is 5.91 Å². The first-order chi connectivity index (χ1) is 9.43. The maximum absolute atomic E-state index is 12.3. The number of carbonyl (C=O) groups is 1. The molecule has 7 heteroatoms. The molecule has 0 aromatic heterocycles. The predicted octanol–water partition coefficient (Wildman–Crippen LogP) is 2.01. The van der Waals surface area contributed by atoms with Crippen molar-refractivity contribution in [1.29, 1.82) is 5.26 Å². The van der Waals surface area contributed by atoms with Gasteiger partial charge >= 0.3 is 5.69 Å². The number of nitrogens with zero attached hydrogens (tertiary/aromatic N) is 3. The highest BCUT2D eigenvalue weighted by Crippen LogP contribution is 2.29. The van der Waals surface area contributed by atoms with Gasteiger partial charge in [0.2, 0.25) is 0 Å². The summed E-state index contributed by atoms with van der Waals surface area (Å²) in [5.41, 5.74) is 0.0346. The first kappa shape index (κ1) is 15.4. The molecular weight excluding hydrogens is 260 g/mol. The van der Waals surface area contributed by atoms with Gasteiger partial charge in [-0.1, -0.05) is 6.07 Å². The molecule has 0 saturated carbocycles. The van der Waals surface area contributed by atoms with Crippen LogP contribution in [-0.2, 0) is 0 Å². The van der Waals surface area contributed by atoms with Gasteiger partial charge in [0.15, 0.2) is 0 Å². The third kappa shape index (κ3) is 3.03. The summed E-state index contributed by atoms with van der Waals surface area (Å²) in [6, 6.07) is 6.19. The molecule has 0 radical (unpaired) electrons. The van der Waals surface area contributed by atoms with Crippen molar-refractivity contribution in [1.82, 2.24) is 4.90 Å². The fourth-order valence-corrected chi connectivity index (χ4v) is 1.77. The van der Waals surface area contributed by atoms with Crippen molar-refractivity contribution in [3.8, 4) is 6.07 Å². The Morgan fingerprint density at radius 3 is 2.75 bits per heavy atom. The van der Waals surface area contributed by atoms with Gasteiger partial charge in [0.05, 0.1) is 17.4 Å². The molecule has 1 unspecified atom stereocenters. The monoisotopic (exact) mass is 276 g/mol. The molecule has 1 aromatic rings. The van der Waals surface area contributed by atoms with Gasteiger partial charge in [0, 0.05) is 20.1 Å². The van der Waals surface area contributed by atoms with Crippen LogP contribution in [0.5, 0.6) is 0 Å². The maximum atomic E-state index is 12.3. The van der Waals surface area contributed by atoms with Crippen molar-refractivity contribution in [2.45, 2.75) is 19.4 Å². The third-order valence-electron chi connectivity index (χ3n) is 3.09. The number of amides is 1. The fraction of sp³-hybridized carbons (Fsp3) is 0.385. The van der Waals surface area contributed by atoms with Crippen molar-refractivity contribution in [3.05, 3.63) is 33.9 Å². The average Bonchev–Trinajstić information content (AvgIpc) is 2.44. The minimum absolute atomic E-state index is 0.00846. The molecule has 1 atom stereocenters. The number of nitro groups is 1. The molecule has 0 aliphatic rings. The van der Waals surface area contributed by atoms with Crippen LogP contribution < -0.4 is 5.32 Å². The molecule has 20 heavy (non-hydrogen) atoms. The summed E-state index contributed by atoms with van der Waals surface area (Å²) < 4.78 is 0. The minimum atomic E-state index is -0.581. The molecule has 0 aliphatic heterocycles. The number of nitrogens with one attached hydrogen (secondary N) is 1. The zero-order valence-electron chi connectivity index (χ0n) is 11.6. The summed E-state index contributed by atoms with van der Waals surface area (Å²) in [5, 5.41) is 22.5. The van der Waals surface area contributed by atoms with Gasteiger partial charge in [-0.2, -0.15) is 5.26 Å². The van der Waals surface area contributed by atoms with Crippen molar-refractivity contribution in [3.63, 3.8) is 0 Å². The van der Waals surface area contributed by atoms with Crippen molar-refractivity contribution >= 4 is 17.3 Å². The van der Waals surface area contributed by atoms with Gasteiger partial charge in [-0.25, -0.2) is 0 Å². The summed E-state index contributed by atoms with van der Waals surface area (Å²) in [7, 11) is 3.08. The number of benzene rings is 1. The van der Waals surface area contributed by atoms with E-state index in [0.29, 0.717) is 0 Å². The number of carbonyl (C=O) groups excluding carboxylic acids is 1. The second-order valence-corrected chi connectivity index (χ2v) is 4.34. The quantitative estimate of drug-likeness (QED) is 0.655. The zero-order valence-corrected chi connectivity index (χ0v) is 11.6. The van der Waals surface area contributed by atoms with E-state index < -0.39 is 10.8 Å². The number of hydrogen-bond acceptors (Lipinski definition) is 5. The first-order valence-corrected chi connectivity index (χ1v) is 6.03. The van der Waals surface area contributed by atoms with E-state index in [-0.39, 0.29) is 29.4 Å². The predicted molar refractivity (Wildman–Crippen MR) is 74.4 cm³/mol. The molecule has 0 spiro atoms. The number of anilines is 1. The Balaban J connectivity index is 3.23. The molecule has 0 bridgehead atoms. The van der Waals surface area contributed by atoms with E-state index in [1.165, 1.54) is 24.1 Å². The van der Waals surface area contributed by atoms with E-state index in [2.05, 4.69) is 5.32 Å². The van der Waals surface area contributed by atoms with Crippen LogP contribution in [0.2, 0.25) is 0 Å². The van der Waals surface area contributed by atoms with Crippen LogP contribution in [0.1, 0.15) is 23.7 Å². The number of nitriles is 1. The highest BCUT2D eigenvalue weighted by molar-refractivity contribution is 6.00. The van der Waals surface area contributed by atoms with Crippen molar-refractivity contribution in [2.75, 3.05) is 19.4 Å². The van der Waals surface area contributed by atoms with E-state index in [1.54, 1.807) is 20.0 Å². The molecule has 1 N–H and O–H groups in total. The van der Waals surface area contributed by atoms with Crippen LogP contribution in [-0.4, -0.2) is 35.9 Å². The van der Waals surface area contributed by atoms with Crippen LogP contribution in [0.3, 0.4) is 0 Å². The standard InChI is InChI=1S/C13H16N4O3/c1-9(7-8-14)16(3)13(18)10-5-4-6-11(15-2)12(10)17(19)20/h4-6,9,15H,7H2,1-3H3. The Hall–Kier alpha value is -2.62. The van der Waals surface area contributed by atoms with Gasteiger partial charge < -0.3 is 10.2 Å². The number of para-hydroxylation sites is 1. The van der Waals surface area contributed by atoms with E-state index >= 15 is 0 Å². The molecule has 0 fully saturated rings. The number of hydrogen-bond donors (Lipinski definition) is 1. The Kier molecular flexibility index (Phi) is 5.03. The molecule has 1 amide bonds. The third-order valence-corrected chi connectivity index (χ3v) is 3.09. The highest BCUT2D eigenvalue weighted by Gasteiger charge is 2.27. The van der Waals surface area contributed by atoms with Crippen LogP contribution >= 0.6 is 0 Å². The Bertz CT molecular complexity index is 565. The second-order valence-electron chi connectivity index (χ2n) is 4.34.